The number of thioether (sulfide) groups is 1. The average molecular weight is 420 g/mol. The molecule has 2 heterocycles. The first-order valence-electron chi connectivity index (χ1n) is 9.42. The Kier molecular flexibility index (Phi) is 7.61. The van der Waals surface area contributed by atoms with Gasteiger partial charge in [0.25, 0.3) is 5.91 Å². The molecule has 0 aromatic heterocycles. The van der Waals surface area contributed by atoms with E-state index in [0.717, 1.165) is 50.4 Å². The van der Waals surface area contributed by atoms with Gasteiger partial charge in [-0.1, -0.05) is 53.8 Å². The van der Waals surface area contributed by atoms with Crippen molar-refractivity contribution in [3.63, 3.8) is 0 Å². The smallest absolute Gasteiger partial charge is 0.266 e. The number of carbonyl (C=O) groups excluding carboxylic acids is 2. The van der Waals surface area contributed by atoms with Crippen molar-refractivity contribution >= 4 is 46.2 Å². The van der Waals surface area contributed by atoms with Crippen LogP contribution in [0.5, 0.6) is 0 Å². The van der Waals surface area contributed by atoms with Crippen molar-refractivity contribution in [1.82, 2.24) is 15.1 Å². The van der Waals surface area contributed by atoms with Crippen LogP contribution in [0.25, 0.3) is 6.08 Å². The highest BCUT2D eigenvalue weighted by Gasteiger charge is 2.33. The molecule has 2 amide bonds. The topological polar surface area (TPSA) is 61.9 Å². The summed E-state index contributed by atoms with van der Waals surface area (Å²) < 4.78 is 5.75. The molecule has 0 atom stereocenters. The van der Waals surface area contributed by atoms with Crippen LogP contribution in [0.4, 0.5) is 0 Å². The molecule has 2 aliphatic rings. The lowest BCUT2D eigenvalue weighted by Crippen LogP contribution is -2.41. The van der Waals surface area contributed by atoms with E-state index in [2.05, 4.69) is 10.2 Å². The van der Waals surface area contributed by atoms with Gasteiger partial charge in [-0.25, -0.2) is 0 Å². The zero-order chi connectivity index (χ0) is 19.9. The summed E-state index contributed by atoms with van der Waals surface area (Å²) in [6.07, 6.45) is 2.69. The summed E-state index contributed by atoms with van der Waals surface area (Å²) in [4.78, 5) is 29.1. The van der Waals surface area contributed by atoms with Gasteiger partial charge < -0.3 is 10.1 Å². The summed E-state index contributed by atoms with van der Waals surface area (Å²) >= 11 is 6.54. The Morgan fingerprint density at radius 1 is 1.29 bits per heavy atom. The van der Waals surface area contributed by atoms with Crippen molar-refractivity contribution < 1.29 is 14.3 Å². The molecule has 2 fully saturated rings. The molecular weight excluding hydrogens is 394 g/mol. The SMILES string of the molecule is Cc1ccc(/C=C2\SC(=S)N(CC(=O)NCCCN3CCOCC3)C2=O)cc1. The number of carbonyl (C=O) groups is 2. The normalized spacial score (nSPS) is 19.5. The molecule has 0 aliphatic carbocycles. The first-order valence-corrected chi connectivity index (χ1v) is 10.6. The summed E-state index contributed by atoms with van der Waals surface area (Å²) in [7, 11) is 0. The van der Waals surface area contributed by atoms with Crippen molar-refractivity contribution in [2.45, 2.75) is 13.3 Å². The van der Waals surface area contributed by atoms with Crippen molar-refractivity contribution in [1.29, 1.82) is 0 Å². The number of aryl methyl sites for hydroxylation is 1. The third-order valence-electron chi connectivity index (χ3n) is 4.63. The third kappa shape index (κ3) is 5.88. The summed E-state index contributed by atoms with van der Waals surface area (Å²) in [6.45, 7) is 6.94. The van der Waals surface area contributed by atoms with Crippen LogP contribution in [0.1, 0.15) is 17.5 Å². The largest absolute Gasteiger partial charge is 0.379 e. The zero-order valence-electron chi connectivity index (χ0n) is 16.0. The van der Waals surface area contributed by atoms with Crippen LogP contribution in [0.2, 0.25) is 0 Å². The molecule has 0 bridgehead atoms. The predicted octanol–water partition coefficient (Wildman–Crippen LogP) is 2.03. The Hall–Kier alpha value is -1.74. The minimum atomic E-state index is -0.209. The highest BCUT2D eigenvalue weighted by atomic mass is 32.2. The van der Waals surface area contributed by atoms with Gasteiger partial charge in [-0.3, -0.25) is 19.4 Å². The van der Waals surface area contributed by atoms with E-state index in [4.69, 9.17) is 17.0 Å². The van der Waals surface area contributed by atoms with Crippen LogP contribution in [0.15, 0.2) is 29.2 Å². The second kappa shape index (κ2) is 10.2. The number of amides is 2. The third-order valence-corrected chi connectivity index (χ3v) is 6.01. The number of hydrogen-bond donors (Lipinski definition) is 1. The van der Waals surface area contributed by atoms with Gasteiger partial charge >= 0.3 is 0 Å². The van der Waals surface area contributed by atoms with Crippen molar-refractivity contribution in [2.75, 3.05) is 45.9 Å². The van der Waals surface area contributed by atoms with Crippen molar-refractivity contribution in [3.8, 4) is 0 Å². The number of nitrogens with one attached hydrogen (secondary N) is 1. The summed E-state index contributed by atoms with van der Waals surface area (Å²) in [5.41, 5.74) is 2.11. The number of thiocarbonyl (C=S) groups is 1. The van der Waals surface area contributed by atoms with Gasteiger partial charge in [-0.05, 0) is 31.5 Å². The lowest BCUT2D eigenvalue weighted by molar-refractivity contribution is -0.128. The number of hydrogen-bond acceptors (Lipinski definition) is 6. The maximum absolute atomic E-state index is 12.6. The lowest BCUT2D eigenvalue weighted by atomic mass is 10.1. The highest BCUT2D eigenvalue weighted by molar-refractivity contribution is 8.26. The fourth-order valence-corrected chi connectivity index (χ4v) is 4.26. The Balaban J connectivity index is 1.45. The molecule has 1 N–H and O–H groups in total. The predicted molar refractivity (Wildman–Crippen MR) is 116 cm³/mol. The molecule has 8 heteroatoms. The van der Waals surface area contributed by atoms with Crippen molar-refractivity contribution in [3.05, 3.63) is 40.3 Å². The second-order valence-corrected chi connectivity index (χ2v) is 8.51. The molecule has 0 unspecified atom stereocenters. The first-order chi connectivity index (χ1) is 13.5. The standard InChI is InChI=1S/C20H25N3O3S2/c1-15-3-5-16(6-4-15)13-17-19(25)23(20(27)28-17)14-18(24)21-7-2-8-22-9-11-26-12-10-22/h3-6,13H,2,7-12,14H2,1H3,(H,21,24)/b17-13-. The van der Waals surface area contributed by atoms with Gasteiger partial charge in [0.15, 0.2) is 0 Å². The van der Waals surface area contributed by atoms with Gasteiger partial charge in [0.2, 0.25) is 5.91 Å². The van der Waals surface area contributed by atoms with E-state index in [1.807, 2.05) is 37.3 Å². The second-order valence-electron chi connectivity index (χ2n) is 6.84. The molecule has 3 rings (SSSR count). The van der Waals surface area contributed by atoms with Gasteiger partial charge in [0.05, 0.1) is 18.1 Å². The fraction of sp³-hybridized carbons (Fsp3) is 0.450. The average Bonchev–Trinajstić information content (AvgIpc) is 2.95. The number of benzene rings is 1. The number of morpholine rings is 1. The van der Waals surface area contributed by atoms with Gasteiger partial charge in [0.1, 0.15) is 10.9 Å². The van der Waals surface area contributed by atoms with E-state index in [0.29, 0.717) is 15.8 Å². The van der Waals surface area contributed by atoms with E-state index in [1.165, 1.54) is 16.7 Å². The maximum Gasteiger partial charge on any atom is 0.266 e. The van der Waals surface area contributed by atoms with Crippen LogP contribution in [-0.4, -0.2) is 71.9 Å². The molecule has 28 heavy (non-hydrogen) atoms. The summed E-state index contributed by atoms with van der Waals surface area (Å²) in [5, 5.41) is 2.88. The van der Waals surface area contributed by atoms with E-state index in [9.17, 15) is 9.59 Å². The Morgan fingerprint density at radius 2 is 2.00 bits per heavy atom. The molecule has 2 saturated heterocycles. The van der Waals surface area contributed by atoms with Crippen LogP contribution in [0, 0.1) is 6.92 Å². The monoisotopic (exact) mass is 419 g/mol. The van der Waals surface area contributed by atoms with Gasteiger partial charge in [-0.2, -0.15) is 0 Å². The quantitative estimate of drug-likeness (QED) is 0.415. The number of nitrogens with zero attached hydrogens (tertiary/aromatic N) is 2. The van der Waals surface area contributed by atoms with Crippen molar-refractivity contribution in [2.24, 2.45) is 0 Å². The van der Waals surface area contributed by atoms with E-state index in [1.54, 1.807) is 0 Å². The van der Waals surface area contributed by atoms with E-state index in [-0.39, 0.29) is 18.4 Å². The zero-order valence-corrected chi connectivity index (χ0v) is 17.6. The first kappa shape index (κ1) is 21.0. The molecule has 0 spiro atoms. The van der Waals surface area contributed by atoms with Crippen LogP contribution in [-0.2, 0) is 14.3 Å². The molecular formula is C20H25N3O3S2. The lowest BCUT2D eigenvalue weighted by Gasteiger charge is -2.26. The van der Waals surface area contributed by atoms with E-state index < -0.39 is 0 Å². The Morgan fingerprint density at radius 3 is 2.71 bits per heavy atom. The molecule has 150 valence electrons. The minimum Gasteiger partial charge on any atom is -0.379 e. The van der Waals surface area contributed by atoms with Crippen LogP contribution < -0.4 is 5.32 Å². The van der Waals surface area contributed by atoms with Crippen LogP contribution >= 0.6 is 24.0 Å². The van der Waals surface area contributed by atoms with E-state index >= 15 is 0 Å². The summed E-state index contributed by atoms with van der Waals surface area (Å²) in [6, 6.07) is 7.92. The van der Waals surface area contributed by atoms with Crippen LogP contribution in [0.3, 0.4) is 0 Å². The molecule has 1 aromatic rings. The van der Waals surface area contributed by atoms with Gasteiger partial charge in [-0.15, -0.1) is 0 Å². The number of ether oxygens (including phenoxy) is 1. The molecule has 6 nitrogen and oxygen atoms in total. The maximum atomic E-state index is 12.6. The fourth-order valence-electron chi connectivity index (χ4n) is 3.01. The molecule has 1 aromatic carbocycles. The minimum absolute atomic E-state index is 0.0343. The highest BCUT2D eigenvalue weighted by Crippen LogP contribution is 2.32. The summed E-state index contributed by atoms with van der Waals surface area (Å²) in [5.74, 6) is -0.395. The molecule has 0 saturated carbocycles. The molecule has 0 radical (unpaired) electrons. The Labute approximate surface area is 175 Å². The molecule has 2 aliphatic heterocycles. The number of rotatable bonds is 7. The Bertz CT molecular complexity index is 758. The van der Waals surface area contributed by atoms with Gasteiger partial charge in [0, 0.05) is 19.6 Å².